The van der Waals surface area contributed by atoms with Crippen LogP contribution in [0.5, 0.6) is 5.75 Å². The van der Waals surface area contributed by atoms with Gasteiger partial charge in [0.1, 0.15) is 11.4 Å². The monoisotopic (exact) mass is 367 g/mol. The van der Waals surface area contributed by atoms with Crippen LogP contribution in [0, 0.1) is 0 Å². The van der Waals surface area contributed by atoms with Crippen LogP contribution in [0.1, 0.15) is 11.3 Å². The third-order valence-electron chi connectivity index (χ3n) is 3.84. The number of carbonyl (C=O) groups excluding carboxylic acids is 1. The number of benzene rings is 2. The number of hydrogen-bond acceptors (Lipinski definition) is 3. The maximum absolute atomic E-state index is 10.9. The zero-order chi connectivity index (χ0) is 18.5. The predicted molar refractivity (Wildman–Crippen MR) is 104 cm³/mol. The smallest absolute Gasteiger partial charge is 0.316 e. The fraction of sp³-hybridized carbons (Fsp3) is 0.100. The molecule has 0 unspecified atom stereocenters. The number of nitrogens with zero attached hydrogens (tertiary/aromatic N) is 1. The van der Waals surface area contributed by atoms with Gasteiger partial charge in [0.25, 0.3) is 0 Å². The van der Waals surface area contributed by atoms with Crippen LogP contribution in [0.3, 0.4) is 0 Å². The van der Waals surface area contributed by atoms with E-state index in [0.717, 1.165) is 22.5 Å². The lowest BCUT2D eigenvalue weighted by Crippen LogP contribution is -2.19. The van der Waals surface area contributed by atoms with Crippen LogP contribution in [-0.2, 0) is 6.42 Å². The lowest BCUT2D eigenvalue weighted by molar-refractivity contribution is 0.259. The first-order valence-corrected chi connectivity index (χ1v) is 8.38. The highest BCUT2D eigenvalue weighted by atomic mass is 35.5. The Balaban J connectivity index is 1.87. The molecule has 3 rings (SSSR count). The highest BCUT2D eigenvalue weighted by Gasteiger charge is 2.10. The second-order valence-corrected chi connectivity index (χ2v) is 6.16. The number of carbonyl (C=O) groups is 1. The van der Waals surface area contributed by atoms with Gasteiger partial charge in [-0.15, -0.1) is 0 Å². The molecule has 2 amide bonds. The fourth-order valence-corrected chi connectivity index (χ4v) is 2.84. The van der Waals surface area contributed by atoms with Crippen LogP contribution in [0.25, 0.3) is 11.3 Å². The number of hydrogen-bond donors (Lipinski definition) is 2. The van der Waals surface area contributed by atoms with E-state index in [2.05, 4.69) is 5.32 Å². The third-order valence-corrected chi connectivity index (χ3v) is 4.08. The van der Waals surface area contributed by atoms with E-state index in [4.69, 9.17) is 27.1 Å². The molecule has 132 valence electrons. The van der Waals surface area contributed by atoms with Crippen molar-refractivity contribution in [3.8, 4) is 17.0 Å². The number of primary amides is 1. The fourth-order valence-electron chi connectivity index (χ4n) is 2.65. The van der Waals surface area contributed by atoms with Crippen molar-refractivity contribution in [2.75, 3.05) is 12.4 Å². The molecule has 26 heavy (non-hydrogen) atoms. The van der Waals surface area contributed by atoms with Gasteiger partial charge in [0.15, 0.2) is 0 Å². The first-order valence-electron chi connectivity index (χ1n) is 8.00. The van der Waals surface area contributed by atoms with E-state index in [9.17, 15) is 4.79 Å². The highest BCUT2D eigenvalue weighted by Crippen LogP contribution is 2.30. The molecule has 0 spiro atoms. The summed E-state index contributed by atoms with van der Waals surface area (Å²) in [6.45, 7) is 0. The second-order valence-electron chi connectivity index (χ2n) is 5.73. The predicted octanol–water partition coefficient (Wildman–Crippen LogP) is 4.49. The van der Waals surface area contributed by atoms with Gasteiger partial charge in [-0.1, -0.05) is 35.9 Å². The number of rotatable bonds is 5. The molecule has 3 N–H and O–H groups in total. The summed E-state index contributed by atoms with van der Waals surface area (Å²) in [6.07, 6.45) is 0.647. The first-order chi connectivity index (χ1) is 12.5. The zero-order valence-electron chi connectivity index (χ0n) is 14.2. The summed E-state index contributed by atoms with van der Waals surface area (Å²) >= 11 is 6.10. The number of nitrogens with one attached hydrogen (secondary N) is 1. The third kappa shape index (κ3) is 4.32. The number of anilines is 1. The lowest BCUT2D eigenvalue weighted by atomic mass is 10.1. The van der Waals surface area contributed by atoms with Crippen molar-refractivity contribution in [1.82, 2.24) is 4.98 Å². The Kier molecular flexibility index (Phi) is 5.39. The van der Waals surface area contributed by atoms with Crippen LogP contribution >= 0.6 is 11.6 Å². The molecule has 0 saturated heterocycles. The molecular formula is C20H18ClN3O2. The molecular weight excluding hydrogens is 350 g/mol. The summed E-state index contributed by atoms with van der Waals surface area (Å²) in [6, 6.07) is 18.2. The quantitative estimate of drug-likeness (QED) is 0.697. The van der Waals surface area contributed by atoms with Gasteiger partial charge >= 0.3 is 6.03 Å². The van der Waals surface area contributed by atoms with Gasteiger partial charge in [0, 0.05) is 28.4 Å². The average molecular weight is 368 g/mol. The molecule has 6 heteroatoms. The molecule has 3 aromatic rings. The van der Waals surface area contributed by atoms with Gasteiger partial charge in [0.05, 0.1) is 7.11 Å². The normalized spacial score (nSPS) is 10.4. The maximum atomic E-state index is 10.9. The molecule has 0 fully saturated rings. The average Bonchev–Trinajstić information content (AvgIpc) is 2.63. The molecule has 2 aromatic carbocycles. The number of urea groups is 1. The SMILES string of the molecule is COc1ccc(Cc2ccc(NC(N)=O)cc2)nc1-c1cccc(Cl)c1. The summed E-state index contributed by atoms with van der Waals surface area (Å²) < 4.78 is 5.44. The number of pyridine rings is 1. The summed E-state index contributed by atoms with van der Waals surface area (Å²) in [5.74, 6) is 0.692. The Labute approximate surface area is 156 Å². The van der Waals surface area contributed by atoms with Crippen molar-refractivity contribution < 1.29 is 9.53 Å². The number of amides is 2. The Morgan fingerprint density at radius 1 is 1.15 bits per heavy atom. The largest absolute Gasteiger partial charge is 0.494 e. The molecule has 0 saturated carbocycles. The van der Waals surface area contributed by atoms with E-state index in [1.54, 1.807) is 7.11 Å². The van der Waals surface area contributed by atoms with Crippen LogP contribution in [0.15, 0.2) is 60.7 Å². The Morgan fingerprint density at radius 2 is 1.92 bits per heavy atom. The van der Waals surface area contributed by atoms with Crippen LogP contribution in [0.4, 0.5) is 10.5 Å². The van der Waals surface area contributed by atoms with E-state index < -0.39 is 6.03 Å². The van der Waals surface area contributed by atoms with Gasteiger partial charge < -0.3 is 15.8 Å². The number of halogens is 1. The summed E-state index contributed by atoms with van der Waals surface area (Å²) in [4.78, 5) is 15.6. The van der Waals surface area contributed by atoms with E-state index >= 15 is 0 Å². The first kappa shape index (κ1) is 17.8. The van der Waals surface area contributed by atoms with Gasteiger partial charge in [0.2, 0.25) is 0 Å². The minimum Gasteiger partial charge on any atom is -0.494 e. The topological polar surface area (TPSA) is 77.2 Å². The zero-order valence-corrected chi connectivity index (χ0v) is 15.0. The van der Waals surface area contributed by atoms with Crippen molar-refractivity contribution in [1.29, 1.82) is 0 Å². The molecule has 0 radical (unpaired) electrons. The van der Waals surface area contributed by atoms with Gasteiger partial charge in [-0.2, -0.15) is 0 Å². The van der Waals surface area contributed by atoms with Crippen molar-refractivity contribution in [3.05, 3.63) is 76.9 Å². The Morgan fingerprint density at radius 3 is 2.58 bits per heavy atom. The molecule has 0 aliphatic heterocycles. The highest BCUT2D eigenvalue weighted by molar-refractivity contribution is 6.30. The number of ether oxygens (including phenoxy) is 1. The summed E-state index contributed by atoms with van der Waals surface area (Å²) in [5, 5.41) is 3.19. The van der Waals surface area contributed by atoms with Gasteiger partial charge in [-0.25, -0.2) is 9.78 Å². The van der Waals surface area contributed by atoms with Crippen LogP contribution < -0.4 is 15.8 Å². The van der Waals surface area contributed by atoms with E-state index in [-0.39, 0.29) is 0 Å². The lowest BCUT2D eigenvalue weighted by Gasteiger charge is -2.11. The molecule has 5 nitrogen and oxygen atoms in total. The molecule has 0 aliphatic rings. The molecule has 0 bridgehead atoms. The van der Waals surface area contributed by atoms with Crippen molar-refractivity contribution in [2.45, 2.75) is 6.42 Å². The van der Waals surface area contributed by atoms with Gasteiger partial charge in [-0.05, 0) is 42.0 Å². The molecule has 1 heterocycles. The number of aromatic nitrogens is 1. The number of nitrogens with two attached hydrogens (primary N) is 1. The van der Waals surface area contributed by atoms with Crippen LogP contribution in [-0.4, -0.2) is 18.1 Å². The van der Waals surface area contributed by atoms with Crippen molar-refractivity contribution >= 4 is 23.3 Å². The Bertz CT molecular complexity index is 927. The maximum Gasteiger partial charge on any atom is 0.316 e. The second kappa shape index (κ2) is 7.89. The number of methoxy groups -OCH3 is 1. The van der Waals surface area contributed by atoms with Gasteiger partial charge in [-0.3, -0.25) is 0 Å². The van der Waals surface area contributed by atoms with Crippen LogP contribution in [0.2, 0.25) is 5.02 Å². The van der Waals surface area contributed by atoms with E-state index in [0.29, 0.717) is 22.9 Å². The minimum absolute atomic E-state index is 0.583. The minimum atomic E-state index is -0.583. The summed E-state index contributed by atoms with van der Waals surface area (Å²) in [7, 11) is 1.62. The summed E-state index contributed by atoms with van der Waals surface area (Å²) in [5.41, 5.74) is 9.38. The van der Waals surface area contributed by atoms with Crippen molar-refractivity contribution in [2.24, 2.45) is 5.73 Å². The van der Waals surface area contributed by atoms with E-state index in [1.807, 2.05) is 60.7 Å². The van der Waals surface area contributed by atoms with Crippen molar-refractivity contribution in [3.63, 3.8) is 0 Å². The Hall–Kier alpha value is -3.05. The standard InChI is InChI=1S/C20H18ClN3O2/c1-26-18-10-9-17(23-19(18)14-3-2-4-15(21)12-14)11-13-5-7-16(8-6-13)24-20(22)25/h2-10,12H,11H2,1H3,(H3,22,24,25). The molecule has 0 aliphatic carbocycles. The molecule has 0 atom stereocenters. The van der Waals surface area contributed by atoms with E-state index in [1.165, 1.54) is 0 Å². The molecule has 1 aromatic heterocycles.